The first-order valence-corrected chi connectivity index (χ1v) is 6.99. The monoisotopic (exact) mass is 273 g/mol. The normalized spacial score (nSPS) is 18.7. The number of aromatic nitrogens is 2. The van der Waals surface area contributed by atoms with Crippen molar-refractivity contribution >= 4 is 5.91 Å². The van der Waals surface area contributed by atoms with Gasteiger partial charge in [-0.25, -0.2) is 0 Å². The predicted molar refractivity (Wildman–Crippen MR) is 74.5 cm³/mol. The molecule has 0 saturated carbocycles. The van der Waals surface area contributed by atoms with Gasteiger partial charge in [-0.15, -0.1) is 0 Å². The highest BCUT2D eigenvalue weighted by atomic mass is 16.3. The molecule has 5 nitrogen and oxygen atoms in total. The van der Waals surface area contributed by atoms with Crippen LogP contribution in [0, 0.1) is 13.8 Å². The second kappa shape index (κ2) is 5.15. The van der Waals surface area contributed by atoms with Crippen molar-refractivity contribution in [2.75, 3.05) is 6.54 Å². The number of furan rings is 1. The maximum atomic E-state index is 12.4. The van der Waals surface area contributed by atoms with Gasteiger partial charge in [-0.1, -0.05) is 0 Å². The minimum absolute atomic E-state index is 0.0581. The van der Waals surface area contributed by atoms with Crippen molar-refractivity contribution < 1.29 is 9.21 Å². The number of carbonyl (C=O) groups is 1. The van der Waals surface area contributed by atoms with E-state index in [1.807, 2.05) is 16.5 Å². The van der Waals surface area contributed by atoms with E-state index in [0.29, 0.717) is 5.56 Å². The van der Waals surface area contributed by atoms with Gasteiger partial charge in [0, 0.05) is 12.2 Å². The molecule has 5 heteroatoms. The molecule has 3 heterocycles. The van der Waals surface area contributed by atoms with Crippen molar-refractivity contribution in [2.24, 2.45) is 0 Å². The molecule has 1 fully saturated rings. The van der Waals surface area contributed by atoms with Gasteiger partial charge in [0.05, 0.1) is 30.1 Å². The Bertz CT molecular complexity index is 601. The Morgan fingerprint density at radius 2 is 2.35 bits per heavy atom. The first kappa shape index (κ1) is 13.0. The van der Waals surface area contributed by atoms with Gasteiger partial charge in [-0.3, -0.25) is 9.48 Å². The van der Waals surface area contributed by atoms with Crippen LogP contribution in [0.5, 0.6) is 0 Å². The molecule has 0 N–H and O–H groups in total. The fraction of sp³-hybridized carbons (Fsp3) is 0.467. The van der Waals surface area contributed by atoms with Gasteiger partial charge >= 0.3 is 0 Å². The van der Waals surface area contributed by atoms with Crippen LogP contribution in [-0.4, -0.2) is 33.2 Å². The Kier molecular flexibility index (Phi) is 3.34. The summed E-state index contributed by atoms with van der Waals surface area (Å²) in [6.45, 7) is 5.63. The Morgan fingerprint density at radius 1 is 1.50 bits per heavy atom. The maximum Gasteiger partial charge on any atom is 0.257 e. The van der Waals surface area contributed by atoms with Gasteiger partial charge in [-0.05, 0) is 38.8 Å². The fourth-order valence-corrected chi connectivity index (χ4v) is 2.90. The Balaban J connectivity index is 1.76. The van der Waals surface area contributed by atoms with E-state index in [-0.39, 0.29) is 11.9 Å². The van der Waals surface area contributed by atoms with Crippen molar-refractivity contribution in [3.8, 4) is 0 Å². The highest BCUT2D eigenvalue weighted by Crippen LogP contribution is 2.22. The lowest BCUT2D eigenvalue weighted by Gasteiger charge is -2.24. The standard InChI is InChI=1S/C15H19N3O2/c1-11-8-12(2)18(16-11)9-14-4-3-6-17(14)15(19)13-5-7-20-10-13/h5,7-8,10,14H,3-4,6,9H2,1-2H3. The van der Waals surface area contributed by atoms with Crippen LogP contribution in [0.3, 0.4) is 0 Å². The lowest BCUT2D eigenvalue weighted by atomic mass is 10.2. The molecule has 0 radical (unpaired) electrons. The number of likely N-dealkylation sites (tertiary alicyclic amines) is 1. The first-order chi connectivity index (χ1) is 9.65. The number of carbonyl (C=O) groups excluding carboxylic acids is 1. The quantitative estimate of drug-likeness (QED) is 0.863. The van der Waals surface area contributed by atoms with Crippen LogP contribution in [0.15, 0.2) is 29.1 Å². The minimum Gasteiger partial charge on any atom is -0.472 e. The zero-order valence-corrected chi connectivity index (χ0v) is 11.9. The second-order valence-electron chi connectivity index (χ2n) is 5.42. The van der Waals surface area contributed by atoms with E-state index in [1.54, 1.807) is 12.3 Å². The molecular formula is C15H19N3O2. The predicted octanol–water partition coefficient (Wildman–Crippen LogP) is 2.40. The van der Waals surface area contributed by atoms with Crippen molar-refractivity contribution in [3.63, 3.8) is 0 Å². The molecule has 2 aromatic heterocycles. The van der Waals surface area contributed by atoms with E-state index in [9.17, 15) is 4.79 Å². The Hall–Kier alpha value is -2.04. The summed E-state index contributed by atoms with van der Waals surface area (Å²) in [7, 11) is 0. The molecule has 1 aliphatic heterocycles. The van der Waals surface area contributed by atoms with Crippen LogP contribution in [0.2, 0.25) is 0 Å². The highest BCUT2D eigenvalue weighted by Gasteiger charge is 2.30. The van der Waals surface area contributed by atoms with E-state index < -0.39 is 0 Å². The van der Waals surface area contributed by atoms with Crippen LogP contribution >= 0.6 is 0 Å². The molecule has 2 aromatic rings. The van der Waals surface area contributed by atoms with E-state index in [1.165, 1.54) is 6.26 Å². The topological polar surface area (TPSA) is 51.3 Å². The summed E-state index contributed by atoms with van der Waals surface area (Å²) in [6.07, 6.45) is 5.13. The molecule has 0 aromatic carbocycles. The zero-order chi connectivity index (χ0) is 14.1. The average Bonchev–Trinajstić information content (AvgIpc) is 3.12. The molecule has 1 amide bonds. The summed E-state index contributed by atoms with van der Waals surface area (Å²) in [4.78, 5) is 14.4. The number of hydrogen-bond acceptors (Lipinski definition) is 3. The van der Waals surface area contributed by atoms with Crippen LogP contribution in [0.4, 0.5) is 0 Å². The van der Waals surface area contributed by atoms with Crippen molar-refractivity contribution in [1.82, 2.24) is 14.7 Å². The largest absolute Gasteiger partial charge is 0.472 e. The van der Waals surface area contributed by atoms with Crippen LogP contribution in [0.1, 0.15) is 34.6 Å². The summed E-state index contributed by atoms with van der Waals surface area (Å²) in [6, 6.07) is 4.01. The van der Waals surface area contributed by atoms with Gasteiger partial charge < -0.3 is 9.32 Å². The third-order valence-corrected chi connectivity index (χ3v) is 3.89. The van der Waals surface area contributed by atoms with Gasteiger partial charge in [0.25, 0.3) is 5.91 Å². The van der Waals surface area contributed by atoms with Crippen LogP contribution < -0.4 is 0 Å². The van der Waals surface area contributed by atoms with E-state index in [4.69, 9.17) is 4.42 Å². The van der Waals surface area contributed by atoms with Gasteiger partial charge in [0.1, 0.15) is 6.26 Å². The molecule has 1 aliphatic rings. The third-order valence-electron chi connectivity index (χ3n) is 3.89. The number of aryl methyl sites for hydroxylation is 2. The molecule has 0 aliphatic carbocycles. The molecule has 20 heavy (non-hydrogen) atoms. The Labute approximate surface area is 118 Å². The van der Waals surface area contributed by atoms with E-state index in [2.05, 4.69) is 18.1 Å². The number of nitrogens with zero attached hydrogens (tertiary/aromatic N) is 3. The molecule has 1 saturated heterocycles. The van der Waals surface area contributed by atoms with Crippen molar-refractivity contribution in [1.29, 1.82) is 0 Å². The number of rotatable bonds is 3. The summed E-state index contributed by atoms with van der Waals surface area (Å²) in [5, 5.41) is 4.49. The van der Waals surface area contributed by atoms with Crippen LogP contribution in [-0.2, 0) is 6.54 Å². The summed E-state index contributed by atoms with van der Waals surface area (Å²) in [5.41, 5.74) is 2.79. The fourth-order valence-electron chi connectivity index (χ4n) is 2.90. The Morgan fingerprint density at radius 3 is 3.00 bits per heavy atom. The van der Waals surface area contributed by atoms with Crippen molar-refractivity contribution in [2.45, 2.75) is 39.3 Å². The molecule has 0 bridgehead atoms. The lowest BCUT2D eigenvalue weighted by Crippen LogP contribution is -2.38. The average molecular weight is 273 g/mol. The van der Waals surface area contributed by atoms with Gasteiger partial charge in [-0.2, -0.15) is 5.10 Å². The molecule has 3 rings (SSSR count). The summed E-state index contributed by atoms with van der Waals surface area (Å²) < 4.78 is 7.01. The van der Waals surface area contributed by atoms with Gasteiger partial charge in [0.2, 0.25) is 0 Å². The SMILES string of the molecule is Cc1cc(C)n(CC2CCCN2C(=O)c2ccoc2)n1. The third kappa shape index (κ3) is 2.35. The van der Waals surface area contributed by atoms with E-state index >= 15 is 0 Å². The lowest BCUT2D eigenvalue weighted by molar-refractivity contribution is 0.0720. The van der Waals surface area contributed by atoms with Gasteiger partial charge in [0.15, 0.2) is 0 Å². The number of amides is 1. The molecular weight excluding hydrogens is 254 g/mol. The van der Waals surface area contributed by atoms with Crippen LogP contribution in [0.25, 0.3) is 0 Å². The molecule has 106 valence electrons. The van der Waals surface area contributed by atoms with E-state index in [0.717, 1.165) is 37.3 Å². The number of hydrogen-bond donors (Lipinski definition) is 0. The maximum absolute atomic E-state index is 12.4. The molecule has 1 atom stereocenters. The first-order valence-electron chi connectivity index (χ1n) is 6.99. The molecule has 1 unspecified atom stereocenters. The zero-order valence-electron chi connectivity index (χ0n) is 11.9. The minimum atomic E-state index is 0.0581. The second-order valence-corrected chi connectivity index (χ2v) is 5.42. The highest BCUT2D eigenvalue weighted by molar-refractivity contribution is 5.94. The van der Waals surface area contributed by atoms with Crippen molar-refractivity contribution in [3.05, 3.63) is 41.6 Å². The molecule has 0 spiro atoms. The summed E-state index contributed by atoms with van der Waals surface area (Å²) >= 11 is 0. The summed E-state index contributed by atoms with van der Waals surface area (Å²) in [5.74, 6) is 0.0581. The smallest absolute Gasteiger partial charge is 0.257 e.